The smallest absolute Gasteiger partial charge is 0.242 e. The van der Waals surface area contributed by atoms with Gasteiger partial charge in [-0.2, -0.15) is 0 Å². The average molecular weight is 269 g/mol. The van der Waals surface area contributed by atoms with Gasteiger partial charge in [0.2, 0.25) is 11.8 Å². The Morgan fingerprint density at radius 3 is 2.79 bits per heavy atom. The summed E-state index contributed by atoms with van der Waals surface area (Å²) in [5, 5.41) is 5.95. The van der Waals surface area contributed by atoms with E-state index in [0.29, 0.717) is 6.61 Å². The Morgan fingerprint density at radius 2 is 2.11 bits per heavy atom. The first-order chi connectivity index (χ1) is 9.22. The molecule has 0 radical (unpaired) electrons. The van der Waals surface area contributed by atoms with Crippen LogP contribution in [0.2, 0.25) is 0 Å². The summed E-state index contributed by atoms with van der Waals surface area (Å²) in [5.74, 6) is -0.143. The lowest BCUT2D eigenvalue weighted by Crippen LogP contribution is -2.50. The molecular weight excluding hydrogens is 246 g/mol. The number of amides is 2. The van der Waals surface area contributed by atoms with E-state index in [1.54, 1.807) is 4.90 Å². The zero-order chi connectivity index (χ0) is 13.7. The summed E-state index contributed by atoms with van der Waals surface area (Å²) in [6, 6.07) is 0. The van der Waals surface area contributed by atoms with Crippen LogP contribution in [0.3, 0.4) is 0 Å². The van der Waals surface area contributed by atoms with Crippen LogP contribution in [0.25, 0.3) is 0 Å². The quantitative estimate of drug-likeness (QED) is 0.711. The van der Waals surface area contributed by atoms with Crippen molar-refractivity contribution in [3.05, 3.63) is 0 Å². The van der Waals surface area contributed by atoms with Crippen molar-refractivity contribution >= 4 is 11.8 Å². The fraction of sp³-hybridized carbons (Fsp3) is 0.846. The number of nitrogens with zero attached hydrogens (tertiary/aromatic N) is 1. The summed E-state index contributed by atoms with van der Waals surface area (Å²) in [7, 11) is 0. The third-order valence-corrected chi connectivity index (χ3v) is 3.83. The van der Waals surface area contributed by atoms with Crippen molar-refractivity contribution in [1.29, 1.82) is 0 Å². The van der Waals surface area contributed by atoms with E-state index < -0.39 is 0 Å². The van der Waals surface area contributed by atoms with Crippen molar-refractivity contribution in [2.24, 2.45) is 5.92 Å². The van der Waals surface area contributed by atoms with Crippen LogP contribution in [0.15, 0.2) is 0 Å². The molecule has 0 aromatic heterocycles. The molecule has 2 aliphatic rings. The first kappa shape index (κ1) is 14.3. The Bertz CT molecular complexity index is 329. The van der Waals surface area contributed by atoms with Gasteiger partial charge < -0.3 is 20.3 Å². The monoisotopic (exact) mass is 269 g/mol. The summed E-state index contributed by atoms with van der Waals surface area (Å²) < 4.78 is 5.49. The maximum Gasteiger partial charge on any atom is 0.242 e. The number of hydrogen-bond acceptors (Lipinski definition) is 4. The number of ether oxygens (including phenoxy) is 1. The van der Waals surface area contributed by atoms with Gasteiger partial charge in [0.25, 0.3) is 0 Å². The van der Waals surface area contributed by atoms with Gasteiger partial charge >= 0.3 is 0 Å². The highest BCUT2D eigenvalue weighted by atomic mass is 16.5. The van der Waals surface area contributed by atoms with Crippen molar-refractivity contribution < 1.29 is 14.3 Å². The minimum Gasteiger partial charge on any atom is -0.377 e. The first-order valence-corrected chi connectivity index (χ1v) is 7.10. The Balaban J connectivity index is 1.75. The molecule has 6 nitrogen and oxygen atoms in total. The summed E-state index contributed by atoms with van der Waals surface area (Å²) in [4.78, 5) is 25.7. The second-order valence-electron chi connectivity index (χ2n) is 5.06. The van der Waals surface area contributed by atoms with E-state index in [-0.39, 0.29) is 30.4 Å². The third-order valence-electron chi connectivity index (χ3n) is 3.83. The second kappa shape index (κ2) is 6.86. The molecule has 0 spiro atoms. The predicted octanol–water partition coefficient (Wildman–Crippen LogP) is -0.650. The van der Waals surface area contributed by atoms with Crippen LogP contribution in [-0.2, 0) is 14.3 Å². The lowest BCUT2D eigenvalue weighted by Gasteiger charge is -2.27. The molecule has 0 aromatic rings. The molecule has 19 heavy (non-hydrogen) atoms. The molecule has 0 aromatic carbocycles. The molecule has 0 saturated carbocycles. The van der Waals surface area contributed by atoms with Crippen LogP contribution in [0, 0.1) is 5.92 Å². The number of carbonyl (C=O) groups is 2. The minimum atomic E-state index is -0.0965. The first-order valence-electron chi connectivity index (χ1n) is 7.10. The molecule has 2 atom stereocenters. The van der Waals surface area contributed by atoms with Gasteiger partial charge in [-0.3, -0.25) is 9.59 Å². The standard InChI is InChI=1S/C13H23N3O3/c1-2-11-10(3-8-19-11)13(18)15-9-12(17)16-6-4-14-5-7-16/h10-11,14H,2-9H2,1H3,(H,15,18). The molecule has 2 saturated heterocycles. The van der Waals surface area contributed by atoms with E-state index in [2.05, 4.69) is 10.6 Å². The van der Waals surface area contributed by atoms with Gasteiger partial charge in [0.1, 0.15) is 0 Å². The molecule has 2 rings (SSSR count). The zero-order valence-corrected chi connectivity index (χ0v) is 11.5. The van der Waals surface area contributed by atoms with Gasteiger partial charge in [0.05, 0.1) is 18.6 Å². The Kier molecular flexibility index (Phi) is 5.15. The maximum atomic E-state index is 12.0. The molecule has 6 heteroatoms. The molecular formula is C13H23N3O3. The van der Waals surface area contributed by atoms with Gasteiger partial charge in [0.15, 0.2) is 0 Å². The largest absolute Gasteiger partial charge is 0.377 e. The number of piperazine rings is 1. The maximum absolute atomic E-state index is 12.0. The van der Waals surface area contributed by atoms with Crippen molar-refractivity contribution in [3.63, 3.8) is 0 Å². The Morgan fingerprint density at radius 1 is 1.37 bits per heavy atom. The lowest BCUT2D eigenvalue weighted by molar-refractivity contribution is -0.134. The molecule has 2 unspecified atom stereocenters. The summed E-state index contributed by atoms with van der Waals surface area (Å²) >= 11 is 0. The van der Waals surface area contributed by atoms with Crippen molar-refractivity contribution in [2.45, 2.75) is 25.9 Å². The molecule has 2 N–H and O–H groups in total. The number of rotatable bonds is 4. The predicted molar refractivity (Wildman–Crippen MR) is 70.6 cm³/mol. The molecule has 0 bridgehead atoms. The zero-order valence-electron chi connectivity index (χ0n) is 11.5. The van der Waals surface area contributed by atoms with Crippen LogP contribution in [-0.4, -0.2) is 62.1 Å². The molecule has 2 amide bonds. The number of hydrogen-bond donors (Lipinski definition) is 2. The molecule has 2 heterocycles. The van der Waals surface area contributed by atoms with E-state index in [4.69, 9.17) is 4.74 Å². The van der Waals surface area contributed by atoms with E-state index in [9.17, 15) is 9.59 Å². The highest BCUT2D eigenvalue weighted by molar-refractivity contribution is 5.86. The van der Waals surface area contributed by atoms with Gasteiger partial charge in [-0.1, -0.05) is 6.92 Å². The van der Waals surface area contributed by atoms with E-state index in [0.717, 1.165) is 39.0 Å². The van der Waals surface area contributed by atoms with Crippen LogP contribution in [0.4, 0.5) is 0 Å². The van der Waals surface area contributed by atoms with Gasteiger partial charge in [0, 0.05) is 32.8 Å². The topological polar surface area (TPSA) is 70.7 Å². The second-order valence-corrected chi connectivity index (χ2v) is 5.06. The average Bonchev–Trinajstić information content (AvgIpc) is 2.93. The Hall–Kier alpha value is -1.14. The molecule has 2 fully saturated rings. The lowest BCUT2D eigenvalue weighted by atomic mass is 9.99. The van der Waals surface area contributed by atoms with E-state index in [1.807, 2.05) is 6.92 Å². The van der Waals surface area contributed by atoms with E-state index >= 15 is 0 Å². The fourth-order valence-electron chi connectivity index (χ4n) is 2.67. The minimum absolute atomic E-state index is 0.00168. The van der Waals surface area contributed by atoms with Crippen molar-refractivity contribution in [1.82, 2.24) is 15.5 Å². The van der Waals surface area contributed by atoms with Crippen LogP contribution in [0.5, 0.6) is 0 Å². The van der Waals surface area contributed by atoms with Gasteiger partial charge in [-0.25, -0.2) is 0 Å². The summed E-state index contributed by atoms with van der Waals surface area (Å²) in [6.07, 6.45) is 1.60. The highest BCUT2D eigenvalue weighted by Gasteiger charge is 2.32. The van der Waals surface area contributed by atoms with Gasteiger partial charge in [-0.15, -0.1) is 0 Å². The highest BCUT2D eigenvalue weighted by Crippen LogP contribution is 2.23. The molecule has 108 valence electrons. The van der Waals surface area contributed by atoms with Crippen molar-refractivity contribution in [2.75, 3.05) is 39.3 Å². The normalized spacial score (nSPS) is 27.3. The SMILES string of the molecule is CCC1OCCC1C(=O)NCC(=O)N1CCNCC1. The molecule has 0 aliphatic carbocycles. The van der Waals surface area contributed by atoms with Crippen LogP contribution < -0.4 is 10.6 Å². The van der Waals surface area contributed by atoms with Crippen LogP contribution in [0.1, 0.15) is 19.8 Å². The molecule has 2 aliphatic heterocycles. The number of carbonyl (C=O) groups excluding carboxylic acids is 2. The Labute approximate surface area is 113 Å². The van der Waals surface area contributed by atoms with Crippen molar-refractivity contribution in [3.8, 4) is 0 Å². The van der Waals surface area contributed by atoms with Gasteiger partial charge in [-0.05, 0) is 12.8 Å². The summed E-state index contributed by atoms with van der Waals surface area (Å²) in [5.41, 5.74) is 0. The number of nitrogens with one attached hydrogen (secondary N) is 2. The van der Waals surface area contributed by atoms with Crippen LogP contribution >= 0.6 is 0 Å². The fourth-order valence-corrected chi connectivity index (χ4v) is 2.67. The van der Waals surface area contributed by atoms with E-state index in [1.165, 1.54) is 0 Å². The summed E-state index contributed by atoms with van der Waals surface area (Å²) in [6.45, 7) is 5.86. The third kappa shape index (κ3) is 3.67.